The Morgan fingerprint density at radius 3 is 2.72 bits per heavy atom. The first-order valence-electron chi connectivity index (χ1n) is 7.61. The van der Waals surface area contributed by atoms with E-state index in [0.29, 0.717) is 22.2 Å². The van der Waals surface area contributed by atoms with Crippen LogP contribution in [0.1, 0.15) is 19.3 Å². The van der Waals surface area contributed by atoms with Gasteiger partial charge in [-0.15, -0.1) is 0 Å². The molecule has 10 heteroatoms. The number of anilines is 1. The van der Waals surface area contributed by atoms with Gasteiger partial charge in [0, 0.05) is 17.9 Å². The van der Waals surface area contributed by atoms with Gasteiger partial charge in [-0.05, 0) is 24.6 Å². The fourth-order valence-corrected chi connectivity index (χ4v) is 4.80. The zero-order valence-corrected chi connectivity index (χ0v) is 15.4. The average Bonchev–Trinajstić information content (AvgIpc) is 2.91. The molecule has 1 aromatic rings. The van der Waals surface area contributed by atoms with E-state index >= 15 is 0 Å². The number of hydrogen-bond acceptors (Lipinski definition) is 5. The van der Waals surface area contributed by atoms with Gasteiger partial charge < -0.3 is 5.32 Å². The lowest BCUT2D eigenvalue weighted by Crippen LogP contribution is -2.42. The molecule has 0 unspecified atom stereocenters. The van der Waals surface area contributed by atoms with Crippen LogP contribution in [0, 0.1) is 0 Å². The van der Waals surface area contributed by atoms with Crippen LogP contribution in [0.5, 0.6) is 0 Å². The molecule has 0 bridgehead atoms. The van der Waals surface area contributed by atoms with Gasteiger partial charge in [-0.1, -0.05) is 23.2 Å². The molecule has 25 heavy (non-hydrogen) atoms. The van der Waals surface area contributed by atoms with E-state index in [0.717, 1.165) is 5.01 Å². The van der Waals surface area contributed by atoms with E-state index in [4.69, 9.17) is 23.2 Å². The van der Waals surface area contributed by atoms with E-state index in [-0.39, 0.29) is 36.0 Å². The number of amides is 2. The lowest BCUT2D eigenvalue weighted by Gasteiger charge is -2.27. The lowest BCUT2D eigenvalue weighted by molar-refractivity contribution is -0.133. The van der Waals surface area contributed by atoms with Gasteiger partial charge in [0.05, 0.1) is 28.3 Å². The fourth-order valence-electron chi connectivity index (χ4n) is 2.78. The van der Waals surface area contributed by atoms with Crippen LogP contribution in [-0.4, -0.2) is 48.5 Å². The molecular weight excluding hydrogens is 389 g/mol. The second-order valence-corrected chi connectivity index (χ2v) is 8.99. The van der Waals surface area contributed by atoms with Crippen LogP contribution in [0.4, 0.5) is 5.69 Å². The Labute approximate surface area is 154 Å². The second kappa shape index (κ2) is 6.93. The molecule has 1 aromatic carbocycles. The first-order chi connectivity index (χ1) is 11.7. The normalized spacial score (nSPS) is 22.6. The van der Waals surface area contributed by atoms with E-state index < -0.39 is 21.8 Å². The van der Waals surface area contributed by atoms with Crippen molar-refractivity contribution < 1.29 is 18.0 Å². The topological polar surface area (TPSA) is 95.9 Å². The number of carbonyl (C=O) groups is 2. The van der Waals surface area contributed by atoms with E-state index in [1.807, 2.05) is 0 Å². The summed E-state index contributed by atoms with van der Waals surface area (Å²) in [5.74, 6) is -0.879. The molecule has 2 heterocycles. The Morgan fingerprint density at radius 1 is 1.28 bits per heavy atom. The summed E-state index contributed by atoms with van der Waals surface area (Å²) < 4.78 is 23.2. The third-order valence-corrected chi connectivity index (χ3v) is 6.37. The van der Waals surface area contributed by atoms with Crippen molar-refractivity contribution >= 4 is 56.3 Å². The van der Waals surface area contributed by atoms with E-state index in [2.05, 4.69) is 10.4 Å². The SMILES string of the molecule is O=C(Nc1cc(Cl)ccc1Cl)C1=NN([C@@H]2CCS(=O)(=O)C2)C(=O)CC1. The van der Waals surface area contributed by atoms with Crippen molar-refractivity contribution in [2.45, 2.75) is 25.3 Å². The molecule has 2 aliphatic rings. The highest BCUT2D eigenvalue weighted by Crippen LogP contribution is 2.26. The Hall–Kier alpha value is -1.64. The third kappa shape index (κ3) is 4.13. The molecule has 1 atom stereocenters. The molecule has 0 spiro atoms. The Morgan fingerprint density at radius 2 is 2.04 bits per heavy atom. The van der Waals surface area contributed by atoms with Crippen molar-refractivity contribution in [1.82, 2.24) is 5.01 Å². The molecule has 0 saturated carbocycles. The van der Waals surface area contributed by atoms with Crippen molar-refractivity contribution in [3.8, 4) is 0 Å². The Bertz CT molecular complexity index is 870. The molecular formula is C15H15Cl2N3O4S. The second-order valence-electron chi connectivity index (χ2n) is 5.92. The number of carbonyl (C=O) groups excluding carboxylic acids is 2. The molecule has 7 nitrogen and oxygen atoms in total. The number of nitrogens with zero attached hydrogens (tertiary/aromatic N) is 2. The minimum Gasteiger partial charge on any atom is -0.319 e. The first kappa shape index (κ1) is 18.2. The minimum absolute atomic E-state index is 0.0244. The van der Waals surface area contributed by atoms with Crippen molar-refractivity contribution in [2.24, 2.45) is 5.10 Å². The summed E-state index contributed by atoms with van der Waals surface area (Å²) in [6.45, 7) is 0. The monoisotopic (exact) mass is 403 g/mol. The quantitative estimate of drug-likeness (QED) is 0.835. The smallest absolute Gasteiger partial charge is 0.271 e. The third-order valence-electron chi connectivity index (χ3n) is 4.05. The van der Waals surface area contributed by atoms with Crippen LogP contribution in [0.25, 0.3) is 0 Å². The summed E-state index contributed by atoms with van der Waals surface area (Å²) in [5, 5.41) is 8.61. The van der Waals surface area contributed by atoms with Gasteiger partial charge in [-0.2, -0.15) is 5.10 Å². The Balaban J connectivity index is 1.79. The molecule has 1 N–H and O–H groups in total. The molecule has 2 amide bonds. The number of rotatable bonds is 3. The van der Waals surface area contributed by atoms with Crippen LogP contribution in [0.15, 0.2) is 23.3 Å². The maximum atomic E-state index is 12.4. The summed E-state index contributed by atoms with van der Waals surface area (Å²) in [5.41, 5.74) is 0.494. The number of halogens is 2. The number of nitrogens with one attached hydrogen (secondary N) is 1. The van der Waals surface area contributed by atoms with Gasteiger partial charge in [-0.3, -0.25) is 9.59 Å². The molecule has 0 radical (unpaired) electrons. The first-order valence-corrected chi connectivity index (χ1v) is 10.2. The number of hydrazone groups is 1. The van der Waals surface area contributed by atoms with Crippen molar-refractivity contribution in [1.29, 1.82) is 0 Å². The van der Waals surface area contributed by atoms with Gasteiger partial charge in [0.15, 0.2) is 9.84 Å². The summed E-state index contributed by atoms with van der Waals surface area (Å²) in [7, 11) is -3.16. The maximum absolute atomic E-state index is 12.4. The highest BCUT2D eigenvalue weighted by molar-refractivity contribution is 7.91. The van der Waals surface area contributed by atoms with Crippen LogP contribution in [0.3, 0.4) is 0 Å². The molecule has 1 fully saturated rings. The molecule has 1 saturated heterocycles. The van der Waals surface area contributed by atoms with E-state index in [1.165, 1.54) is 6.07 Å². The van der Waals surface area contributed by atoms with Crippen molar-refractivity contribution in [2.75, 3.05) is 16.8 Å². The maximum Gasteiger partial charge on any atom is 0.271 e. The van der Waals surface area contributed by atoms with E-state index in [9.17, 15) is 18.0 Å². The zero-order chi connectivity index (χ0) is 18.2. The van der Waals surface area contributed by atoms with Gasteiger partial charge in [-0.25, -0.2) is 13.4 Å². The molecule has 0 aromatic heterocycles. The van der Waals surface area contributed by atoms with Crippen molar-refractivity contribution in [3.63, 3.8) is 0 Å². The highest BCUT2D eigenvalue weighted by Gasteiger charge is 2.37. The largest absolute Gasteiger partial charge is 0.319 e. The van der Waals surface area contributed by atoms with E-state index in [1.54, 1.807) is 12.1 Å². The van der Waals surface area contributed by atoms with Crippen LogP contribution in [0.2, 0.25) is 10.0 Å². The zero-order valence-electron chi connectivity index (χ0n) is 13.0. The average molecular weight is 404 g/mol. The predicted molar refractivity (Wildman–Crippen MR) is 95.7 cm³/mol. The van der Waals surface area contributed by atoms with Gasteiger partial charge in [0.2, 0.25) is 5.91 Å². The number of sulfone groups is 1. The lowest BCUT2D eigenvalue weighted by atomic mass is 10.1. The highest BCUT2D eigenvalue weighted by atomic mass is 35.5. The summed E-state index contributed by atoms with van der Waals surface area (Å²) >= 11 is 11.9. The predicted octanol–water partition coefficient (Wildman–Crippen LogP) is 2.10. The standard InChI is InChI=1S/C15H15Cl2N3O4S/c16-9-1-2-11(17)13(7-9)18-15(22)12-3-4-14(21)20(19-12)10-5-6-25(23,24)8-10/h1-2,7,10H,3-6,8H2,(H,18,22)/t10-/m1/s1. The van der Waals surface area contributed by atoms with Crippen LogP contribution >= 0.6 is 23.2 Å². The molecule has 0 aliphatic carbocycles. The summed E-state index contributed by atoms with van der Waals surface area (Å²) in [4.78, 5) is 24.5. The van der Waals surface area contributed by atoms with Crippen LogP contribution in [-0.2, 0) is 19.4 Å². The summed E-state index contributed by atoms with van der Waals surface area (Å²) in [6.07, 6.45) is 0.609. The van der Waals surface area contributed by atoms with Crippen molar-refractivity contribution in [3.05, 3.63) is 28.2 Å². The Kier molecular flexibility index (Phi) is 5.04. The molecule has 2 aliphatic heterocycles. The number of benzene rings is 1. The number of hydrogen-bond donors (Lipinski definition) is 1. The summed E-state index contributed by atoms with van der Waals surface area (Å²) in [6, 6.07) is 4.15. The molecule has 134 valence electrons. The van der Waals surface area contributed by atoms with Gasteiger partial charge in [0.1, 0.15) is 5.71 Å². The molecule has 3 rings (SSSR count). The van der Waals surface area contributed by atoms with Gasteiger partial charge in [0.25, 0.3) is 5.91 Å². The fraction of sp³-hybridized carbons (Fsp3) is 0.400. The van der Waals surface area contributed by atoms with Crippen LogP contribution < -0.4 is 5.32 Å². The minimum atomic E-state index is -3.16. The van der Waals surface area contributed by atoms with Gasteiger partial charge >= 0.3 is 0 Å².